The third-order valence-corrected chi connectivity index (χ3v) is 8.26. The first-order chi connectivity index (χ1) is 23.6. The lowest BCUT2D eigenvalue weighted by Gasteiger charge is -2.20. The summed E-state index contributed by atoms with van der Waals surface area (Å²) in [6, 6.07) is -1.53. The van der Waals surface area contributed by atoms with Crippen LogP contribution in [0.3, 0.4) is 0 Å². The smallest absolute Gasteiger partial charge is 0.472 e. The quantitative estimate of drug-likeness (QED) is 0.0257. The number of hydrogen-bond acceptors (Lipinski definition) is 9. The molecule has 0 aliphatic rings. The molecule has 0 fully saturated rings. The molecule has 12 heteroatoms. The number of phosphoric acid groups is 1. The van der Waals surface area contributed by atoms with Crippen LogP contribution < -0.4 is 5.73 Å². The standard InChI is InChI=1S/C37H64NO10P/c1-3-5-7-9-11-13-14-15-16-17-18-19-20-21-23-25-27-29-36(40)48-33(31-46-49(43,44)47-32-34(38)37(41)42)30-45-35(39)28-26-24-22-12-10-8-6-4-2/h7,9,13-14,16-17,19-20,33-34H,3-6,8,10-12,15,18,21-32,38H2,1-2H3,(H,41,42)(H,43,44)/b9-7+,14-13+,17-16+,20-19+/t33-,34-/m0/s1. The van der Waals surface area contributed by atoms with Gasteiger partial charge in [0.25, 0.3) is 0 Å². The molecule has 282 valence electrons. The number of carbonyl (C=O) groups is 3. The van der Waals surface area contributed by atoms with E-state index in [9.17, 15) is 23.8 Å². The zero-order valence-corrected chi connectivity index (χ0v) is 30.9. The highest BCUT2D eigenvalue weighted by molar-refractivity contribution is 7.47. The van der Waals surface area contributed by atoms with Gasteiger partial charge < -0.3 is 25.2 Å². The highest BCUT2D eigenvalue weighted by atomic mass is 31.2. The van der Waals surface area contributed by atoms with Crippen LogP contribution in [0.25, 0.3) is 0 Å². The number of aliphatic carboxylic acids is 1. The number of carbonyl (C=O) groups excluding carboxylic acids is 2. The zero-order chi connectivity index (χ0) is 36.4. The van der Waals surface area contributed by atoms with Crippen molar-refractivity contribution in [3.63, 3.8) is 0 Å². The molecule has 0 radical (unpaired) electrons. The number of ether oxygens (including phenoxy) is 2. The molecule has 1 unspecified atom stereocenters. The summed E-state index contributed by atoms with van der Waals surface area (Å²) >= 11 is 0. The van der Waals surface area contributed by atoms with E-state index in [2.05, 4.69) is 67.0 Å². The van der Waals surface area contributed by atoms with Gasteiger partial charge in [0.1, 0.15) is 12.6 Å². The molecule has 0 saturated carbocycles. The Bertz CT molecular complexity index is 1030. The van der Waals surface area contributed by atoms with Crippen molar-refractivity contribution in [3.8, 4) is 0 Å². The third kappa shape index (κ3) is 32.4. The van der Waals surface area contributed by atoms with Crippen LogP contribution in [0.2, 0.25) is 0 Å². The fourth-order valence-electron chi connectivity index (χ4n) is 4.41. The minimum absolute atomic E-state index is 0.123. The zero-order valence-electron chi connectivity index (χ0n) is 30.0. The van der Waals surface area contributed by atoms with E-state index in [0.717, 1.165) is 64.2 Å². The maximum absolute atomic E-state index is 12.5. The molecule has 49 heavy (non-hydrogen) atoms. The van der Waals surface area contributed by atoms with Crippen molar-refractivity contribution >= 4 is 25.7 Å². The van der Waals surface area contributed by atoms with Gasteiger partial charge in [0, 0.05) is 12.8 Å². The minimum atomic E-state index is -4.71. The topological polar surface area (TPSA) is 172 Å². The van der Waals surface area contributed by atoms with Crippen LogP contribution in [-0.2, 0) is 37.5 Å². The van der Waals surface area contributed by atoms with Gasteiger partial charge in [-0.1, -0.05) is 120 Å². The average Bonchev–Trinajstić information content (AvgIpc) is 3.07. The normalized spacial score (nSPS) is 14.5. The van der Waals surface area contributed by atoms with Crippen molar-refractivity contribution in [2.45, 2.75) is 148 Å². The minimum Gasteiger partial charge on any atom is -0.480 e. The van der Waals surface area contributed by atoms with Crippen molar-refractivity contribution in [3.05, 3.63) is 48.6 Å². The van der Waals surface area contributed by atoms with E-state index in [4.69, 9.17) is 24.8 Å². The maximum atomic E-state index is 12.5. The van der Waals surface area contributed by atoms with E-state index in [1.54, 1.807) is 0 Å². The number of phosphoric ester groups is 1. The van der Waals surface area contributed by atoms with E-state index in [1.165, 1.54) is 32.1 Å². The summed E-state index contributed by atoms with van der Waals surface area (Å²) in [6.07, 6.45) is 33.4. The van der Waals surface area contributed by atoms with Crippen molar-refractivity contribution in [2.75, 3.05) is 19.8 Å². The molecular weight excluding hydrogens is 649 g/mol. The molecule has 0 amide bonds. The Labute approximate surface area is 295 Å². The van der Waals surface area contributed by atoms with Crippen LogP contribution >= 0.6 is 7.82 Å². The number of carboxylic acid groups (broad SMARTS) is 1. The van der Waals surface area contributed by atoms with Crippen molar-refractivity contribution < 1.29 is 47.5 Å². The highest BCUT2D eigenvalue weighted by Gasteiger charge is 2.28. The summed E-state index contributed by atoms with van der Waals surface area (Å²) in [5.74, 6) is -2.43. The first kappa shape index (κ1) is 46.4. The van der Waals surface area contributed by atoms with Crippen molar-refractivity contribution in [1.82, 2.24) is 0 Å². The molecule has 0 aromatic heterocycles. The molecule has 3 atom stereocenters. The molecule has 0 spiro atoms. The van der Waals surface area contributed by atoms with Gasteiger partial charge in [-0.25, -0.2) is 4.57 Å². The van der Waals surface area contributed by atoms with Crippen LogP contribution in [0.1, 0.15) is 136 Å². The lowest BCUT2D eigenvalue weighted by Crippen LogP contribution is -2.34. The molecule has 0 saturated heterocycles. The van der Waals surface area contributed by atoms with Gasteiger partial charge in [-0.05, 0) is 51.4 Å². The number of unbranched alkanes of at least 4 members (excludes halogenated alkanes) is 11. The monoisotopic (exact) mass is 713 g/mol. The predicted octanol–water partition coefficient (Wildman–Crippen LogP) is 8.66. The SMILES string of the molecule is CCC/C=C/C/C=C/C/C=C/C/C=C/CCCCCC(=O)O[C@@H](COC(=O)CCCCCCCCCC)COP(=O)(O)OC[C@H](N)C(=O)O. The van der Waals surface area contributed by atoms with Gasteiger partial charge in [0.05, 0.1) is 13.2 Å². The lowest BCUT2D eigenvalue weighted by atomic mass is 10.1. The molecule has 11 nitrogen and oxygen atoms in total. The molecule has 0 rings (SSSR count). The van der Waals surface area contributed by atoms with E-state index < -0.39 is 51.1 Å². The molecule has 0 aliphatic heterocycles. The molecule has 0 bridgehead atoms. The number of nitrogens with two attached hydrogens (primary N) is 1. The van der Waals surface area contributed by atoms with Gasteiger partial charge in [-0.2, -0.15) is 0 Å². The summed E-state index contributed by atoms with van der Waals surface area (Å²) in [5.41, 5.74) is 5.30. The van der Waals surface area contributed by atoms with E-state index in [0.29, 0.717) is 12.8 Å². The van der Waals surface area contributed by atoms with Gasteiger partial charge in [0.15, 0.2) is 6.10 Å². The van der Waals surface area contributed by atoms with E-state index in [1.807, 2.05) is 0 Å². The molecule has 0 heterocycles. The first-order valence-corrected chi connectivity index (χ1v) is 19.7. The Morgan fingerprint density at radius 2 is 1.12 bits per heavy atom. The number of esters is 2. The summed E-state index contributed by atoms with van der Waals surface area (Å²) in [4.78, 5) is 45.6. The Kier molecular flexibility index (Phi) is 30.9. The summed E-state index contributed by atoms with van der Waals surface area (Å²) in [6.45, 7) is 2.63. The molecule has 0 aliphatic carbocycles. The first-order valence-electron chi connectivity index (χ1n) is 18.2. The fraction of sp³-hybridized carbons (Fsp3) is 0.703. The number of hydrogen-bond donors (Lipinski definition) is 3. The second kappa shape index (κ2) is 32.6. The third-order valence-electron chi connectivity index (χ3n) is 7.31. The number of carboxylic acids is 1. The Balaban J connectivity index is 4.51. The molecule has 0 aromatic rings. The summed E-state index contributed by atoms with van der Waals surface area (Å²) < 4.78 is 32.4. The second-order valence-corrected chi connectivity index (χ2v) is 13.5. The van der Waals surface area contributed by atoms with Gasteiger partial charge in [-0.15, -0.1) is 0 Å². The Hall–Kier alpha value is -2.56. The van der Waals surface area contributed by atoms with Gasteiger partial charge in [-0.3, -0.25) is 23.4 Å². The maximum Gasteiger partial charge on any atom is 0.472 e. The van der Waals surface area contributed by atoms with Crippen LogP contribution in [0.5, 0.6) is 0 Å². The Morgan fingerprint density at radius 3 is 1.69 bits per heavy atom. The average molecular weight is 714 g/mol. The number of allylic oxidation sites excluding steroid dienone is 8. The van der Waals surface area contributed by atoms with Gasteiger partial charge in [0.2, 0.25) is 0 Å². The summed E-state index contributed by atoms with van der Waals surface area (Å²) in [7, 11) is -4.71. The highest BCUT2D eigenvalue weighted by Crippen LogP contribution is 2.43. The number of rotatable bonds is 33. The van der Waals surface area contributed by atoms with E-state index >= 15 is 0 Å². The molecule has 0 aromatic carbocycles. The van der Waals surface area contributed by atoms with Crippen molar-refractivity contribution in [1.29, 1.82) is 0 Å². The van der Waals surface area contributed by atoms with E-state index in [-0.39, 0.29) is 19.4 Å². The Morgan fingerprint density at radius 1 is 0.633 bits per heavy atom. The largest absolute Gasteiger partial charge is 0.480 e. The second-order valence-electron chi connectivity index (χ2n) is 12.0. The predicted molar refractivity (Wildman–Crippen MR) is 194 cm³/mol. The lowest BCUT2D eigenvalue weighted by molar-refractivity contribution is -0.161. The summed E-state index contributed by atoms with van der Waals surface area (Å²) in [5, 5.41) is 8.84. The van der Waals surface area contributed by atoms with Crippen LogP contribution in [0, 0.1) is 0 Å². The fourth-order valence-corrected chi connectivity index (χ4v) is 5.18. The van der Waals surface area contributed by atoms with Crippen LogP contribution in [0.4, 0.5) is 0 Å². The van der Waals surface area contributed by atoms with Crippen LogP contribution in [-0.4, -0.2) is 59.9 Å². The van der Waals surface area contributed by atoms with Crippen molar-refractivity contribution in [2.24, 2.45) is 5.73 Å². The van der Waals surface area contributed by atoms with Crippen LogP contribution in [0.15, 0.2) is 48.6 Å². The van der Waals surface area contributed by atoms with Gasteiger partial charge >= 0.3 is 25.7 Å². The molecule has 4 N–H and O–H groups in total. The molecular formula is C37H64NO10P.